The van der Waals surface area contributed by atoms with Crippen molar-refractivity contribution in [3.8, 4) is 0 Å². The van der Waals surface area contributed by atoms with Crippen LogP contribution >= 0.6 is 11.6 Å². The number of aromatic nitrogens is 1. The Morgan fingerprint density at radius 3 is 2.61 bits per heavy atom. The Labute approximate surface area is 105 Å². The van der Waals surface area contributed by atoms with E-state index in [4.69, 9.17) is 11.6 Å². The largest absolute Gasteiger partial charge is 0.360 e. The van der Waals surface area contributed by atoms with Gasteiger partial charge < -0.3 is 4.98 Å². The molecule has 0 aliphatic carbocycles. The second-order valence-electron chi connectivity index (χ2n) is 3.84. The molecule has 0 saturated carbocycles. The number of hydrogen-bond acceptors (Lipinski definition) is 2. The van der Waals surface area contributed by atoms with Crippen molar-refractivity contribution in [2.75, 3.05) is 0 Å². The monoisotopic (exact) mass is 264 g/mol. The lowest BCUT2D eigenvalue weighted by molar-refractivity contribution is -0.123. The molecule has 0 bridgehead atoms. The highest BCUT2D eigenvalue weighted by Crippen LogP contribution is 2.32. The normalized spacial score (nSPS) is 15.7. The molecular formula is C12H6ClFN2O2. The number of fused-ring (bicyclic) bond motifs is 1. The fourth-order valence-corrected chi connectivity index (χ4v) is 2.25. The number of imide groups is 1. The van der Waals surface area contributed by atoms with Gasteiger partial charge in [-0.3, -0.25) is 14.9 Å². The molecule has 0 spiro atoms. The average Bonchev–Trinajstić information content (AvgIpc) is 2.83. The van der Waals surface area contributed by atoms with Gasteiger partial charge >= 0.3 is 0 Å². The number of halogens is 2. The first kappa shape index (κ1) is 11.0. The van der Waals surface area contributed by atoms with Crippen molar-refractivity contribution in [1.29, 1.82) is 0 Å². The number of benzene rings is 1. The molecule has 1 aromatic heterocycles. The van der Waals surface area contributed by atoms with E-state index in [2.05, 4.69) is 10.3 Å². The quantitative estimate of drug-likeness (QED) is 0.773. The van der Waals surface area contributed by atoms with Gasteiger partial charge in [0.15, 0.2) is 0 Å². The average molecular weight is 265 g/mol. The second kappa shape index (κ2) is 3.68. The second-order valence-corrected chi connectivity index (χ2v) is 4.21. The number of carbonyl (C=O) groups is 2. The molecule has 90 valence electrons. The minimum absolute atomic E-state index is 0.00184. The number of amides is 2. The van der Waals surface area contributed by atoms with Crippen LogP contribution in [-0.2, 0) is 9.59 Å². The zero-order chi connectivity index (χ0) is 12.9. The van der Waals surface area contributed by atoms with Gasteiger partial charge in [0.2, 0.25) is 0 Å². The van der Waals surface area contributed by atoms with Gasteiger partial charge in [-0.15, -0.1) is 0 Å². The SMILES string of the molecule is O=C1NC(=O)C(c2c[nH]c3cccc(F)c23)=C1Cl. The van der Waals surface area contributed by atoms with Crippen molar-refractivity contribution in [3.63, 3.8) is 0 Å². The molecule has 2 heterocycles. The van der Waals surface area contributed by atoms with Crippen LogP contribution in [0.5, 0.6) is 0 Å². The van der Waals surface area contributed by atoms with Crippen molar-refractivity contribution in [3.05, 3.63) is 40.8 Å². The summed E-state index contributed by atoms with van der Waals surface area (Å²) in [6.07, 6.45) is 1.46. The van der Waals surface area contributed by atoms with E-state index >= 15 is 0 Å². The fourth-order valence-electron chi connectivity index (χ4n) is 2.01. The van der Waals surface area contributed by atoms with E-state index in [-0.39, 0.29) is 21.6 Å². The van der Waals surface area contributed by atoms with Crippen LogP contribution in [-0.4, -0.2) is 16.8 Å². The third kappa shape index (κ3) is 1.37. The lowest BCUT2D eigenvalue weighted by atomic mass is 10.0. The zero-order valence-electron chi connectivity index (χ0n) is 8.88. The van der Waals surface area contributed by atoms with Crippen LogP contribution in [0.2, 0.25) is 0 Å². The van der Waals surface area contributed by atoms with Crippen LogP contribution in [0.25, 0.3) is 16.5 Å². The molecule has 0 atom stereocenters. The fraction of sp³-hybridized carbons (Fsp3) is 0. The topological polar surface area (TPSA) is 62.0 Å². The number of aromatic amines is 1. The summed E-state index contributed by atoms with van der Waals surface area (Å²) in [5.74, 6) is -1.76. The van der Waals surface area contributed by atoms with Gasteiger partial charge in [-0.05, 0) is 12.1 Å². The minimum Gasteiger partial charge on any atom is -0.360 e. The van der Waals surface area contributed by atoms with Crippen molar-refractivity contribution in [1.82, 2.24) is 10.3 Å². The van der Waals surface area contributed by atoms with Gasteiger partial charge in [-0.1, -0.05) is 17.7 Å². The Kier molecular flexibility index (Phi) is 2.24. The zero-order valence-corrected chi connectivity index (χ0v) is 9.64. The van der Waals surface area contributed by atoms with Crippen molar-refractivity contribution >= 4 is 39.9 Å². The molecule has 2 N–H and O–H groups in total. The molecule has 2 aromatic rings. The van der Waals surface area contributed by atoms with Gasteiger partial charge in [0, 0.05) is 22.7 Å². The summed E-state index contributed by atoms with van der Waals surface area (Å²) in [6.45, 7) is 0. The highest BCUT2D eigenvalue weighted by molar-refractivity contribution is 6.55. The van der Waals surface area contributed by atoms with Gasteiger partial charge in [0.1, 0.15) is 10.8 Å². The summed E-state index contributed by atoms with van der Waals surface area (Å²) in [6, 6.07) is 4.50. The summed E-state index contributed by atoms with van der Waals surface area (Å²) in [7, 11) is 0. The van der Waals surface area contributed by atoms with E-state index in [0.29, 0.717) is 5.52 Å². The van der Waals surface area contributed by atoms with E-state index in [0.717, 1.165) is 0 Å². The molecule has 2 amide bonds. The van der Waals surface area contributed by atoms with Crippen LogP contribution < -0.4 is 5.32 Å². The highest BCUT2D eigenvalue weighted by atomic mass is 35.5. The molecule has 0 unspecified atom stereocenters. The van der Waals surface area contributed by atoms with Crippen molar-refractivity contribution in [2.45, 2.75) is 0 Å². The first-order valence-electron chi connectivity index (χ1n) is 5.11. The third-order valence-corrected chi connectivity index (χ3v) is 3.16. The van der Waals surface area contributed by atoms with Crippen LogP contribution in [0, 0.1) is 5.82 Å². The third-order valence-electron chi connectivity index (χ3n) is 2.80. The maximum atomic E-state index is 13.8. The number of nitrogens with one attached hydrogen (secondary N) is 2. The Bertz CT molecular complexity index is 733. The van der Waals surface area contributed by atoms with Gasteiger partial charge in [-0.25, -0.2) is 4.39 Å². The maximum absolute atomic E-state index is 13.8. The Morgan fingerprint density at radius 1 is 1.17 bits per heavy atom. The van der Waals surface area contributed by atoms with E-state index in [1.807, 2.05) is 0 Å². The highest BCUT2D eigenvalue weighted by Gasteiger charge is 2.31. The van der Waals surface area contributed by atoms with Crippen LogP contribution in [0.15, 0.2) is 29.4 Å². The first-order valence-corrected chi connectivity index (χ1v) is 5.49. The molecule has 18 heavy (non-hydrogen) atoms. The van der Waals surface area contributed by atoms with Gasteiger partial charge in [0.25, 0.3) is 11.8 Å². The number of carbonyl (C=O) groups excluding carboxylic acids is 2. The van der Waals surface area contributed by atoms with Crippen LogP contribution in [0.4, 0.5) is 4.39 Å². The summed E-state index contributed by atoms with van der Waals surface area (Å²) in [5, 5.41) is 2.10. The molecule has 0 fully saturated rings. The minimum atomic E-state index is -0.664. The van der Waals surface area contributed by atoms with E-state index in [1.165, 1.54) is 12.3 Å². The van der Waals surface area contributed by atoms with Crippen LogP contribution in [0.3, 0.4) is 0 Å². The van der Waals surface area contributed by atoms with E-state index in [1.54, 1.807) is 12.1 Å². The molecule has 4 nitrogen and oxygen atoms in total. The Morgan fingerprint density at radius 2 is 1.94 bits per heavy atom. The standard InChI is InChI=1S/C12H6ClFN2O2/c13-10-9(11(17)16-12(10)18)5-4-15-7-3-1-2-6(14)8(5)7/h1-4,15H,(H,16,17,18). The Hall–Kier alpha value is -2.14. The van der Waals surface area contributed by atoms with Gasteiger partial charge in [-0.2, -0.15) is 0 Å². The molecule has 1 aromatic carbocycles. The summed E-state index contributed by atoms with van der Waals surface area (Å²) in [5.41, 5.74) is 0.823. The number of H-pyrrole nitrogens is 1. The first-order chi connectivity index (χ1) is 8.59. The predicted octanol–water partition coefficient (Wildman–Crippen LogP) is 1.91. The molecule has 0 radical (unpaired) electrons. The summed E-state index contributed by atoms with van der Waals surface area (Å²) < 4.78 is 13.8. The summed E-state index contributed by atoms with van der Waals surface area (Å²) >= 11 is 5.78. The predicted molar refractivity (Wildman–Crippen MR) is 64.2 cm³/mol. The summed E-state index contributed by atoms with van der Waals surface area (Å²) in [4.78, 5) is 25.8. The number of rotatable bonds is 1. The van der Waals surface area contributed by atoms with Crippen molar-refractivity contribution < 1.29 is 14.0 Å². The molecule has 6 heteroatoms. The van der Waals surface area contributed by atoms with Crippen molar-refractivity contribution in [2.24, 2.45) is 0 Å². The molecule has 1 aliphatic rings. The molecular weight excluding hydrogens is 259 g/mol. The lowest BCUT2D eigenvalue weighted by Gasteiger charge is -1.99. The maximum Gasteiger partial charge on any atom is 0.270 e. The van der Waals surface area contributed by atoms with E-state index in [9.17, 15) is 14.0 Å². The van der Waals surface area contributed by atoms with Crippen LogP contribution in [0.1, 0.15) is 5.56 Å². The molecule has 3 rings (SSSR count). The van der Waals surface area contributed by atoms with E-state index < -0.39 is 17.6 Å². The Balaban J connectivity index is 2.34. The van der Waals surface area contributed by atoms with Gasteiger partial charge in [0.05, 0.1) is 5.57 Å². The molecule has 1 aliphatic heterocycles. The number of hydrogen-bond donors (Lipinski definition) is 2. The smallest absolute Gasteiger partial charge is 0.270 e. The molecule has 0 saturated heterocycles. The lowest BCUT2D eigenvalue weighted by Crippen LogP contribution is -2.22.